The Morgan fingerprint density at radius 1 is 0.810 bits per heavy atom. The molecular formula is C19H23ClO. The molecular weight excluding hydrogens is 280 g/mol. The lowest BCUT2D eigenvalue weighted by atomic mass is 9.98. The summed E-state index contributed by atoms with van der Waals surface area (Å²) in [5.74, 6) is 1.41. The van der Waals surface area contributed by atoms with Crippen molar-refractivity contribution in [3.05, 3.63) is 65.2 Å². The molecule has 1 nitrogen and oxygen atoms in total. The molecule has 0 amide bonds. The first-order valence-electron chi connectivity index (χ1n) is 7.48. The molecule has 112 valence electrons. The molecule has 0 aliphatic heterocycles. The Hall–Kier alpha value is -1.47. The van der Waals surface area contributed by atoms with Crippen LogP contribution in [0.25, 0.3) is 0 Å². The lowest BCUT2D eigenvalue weighted by molar-refractivity contribution is 0.242. The van der Waals surface area contributed by atoms with E-state index in [4.69, 9.17) is 16.3 Å². The minimum atomic E-state index is -0.151. The Labute approximate surface area is 132 Å². The quantitative estimate of drug-likeness (QED) is 0.622. The van der Waals surface area contributed by atoms with Gasteiger partial charge in [-0.2, -0.15) is 0 Å². The fourth-order valence-electron chi connectivity index (χ4n) is 2.26. The Morgan fingerprint density at radius 3 is 2.00 bits per heavy atom. The van der Waals surface area contributed by atoms with Gasteiger partial charge < -0.3 is 4.74 Å². The van der Waals surface area contributed by atoms with Gasteiger partial charge in [0.25, 0.3) is 0 Å². The molecule has 0 aromatic heterocycles. The molecule has 1 unspecified atom stereocenters. The Morgan fingerprint density at radius 2 is 1.43 bits per heavy atom. The van der Waals surface area contributed by atoms with Gasteiger partial charge in [0.1, 0.15) is 5.75 Å². The van der Waals surface area contributed by atoms with Crippen molar-refractivity contribution < 1.29 is 4.74 Å². The van der Waals surface area contributed by atoms with E-state index < -0.39 is 0 Å². The van der Waals surface area contributed by atoms with Gasteiger partial charge in [0.2, 0.25) is 0 Å². The highest BCUT2D eigenvalue weighted by atomic mass is 35.5. The normalized spacial score (nSPS) is 12.7. The molecule has 2 aromatic carbocycles. The number of hydrogen-bond acceptors (Lipinski definition) is 1. The number of ether oxygens (including phenoxy) is 1. The third-order valence-electron chi connectivity index (χ3n) is 3.42. The van der Waals surface area contributed by atoms with Crippen molar-refractivity contribution in [3.63, 3.8) is 0 Å². The highest BCUT2D eigenvalue weighted by Crippen LogP contribution is 2.31. The largest absolute Gasteiger partial charge is 0.491 e. The van der Waals surface area contributed by atoms with Crippen LogP contribution in [0.1, 0.15) is 55.7 Å². The predicted octanol–water partition coefficient (Wildman–Crippen LogP) is 5.93. The molecule has 0 fully saturated rings. The summed E-state index contributed by atoms with van der Waals surface area (Å²) >= 11 is 6.62. The maximum absolute atomic E-state index is 6.62. The Kier molecular flexibility index (Phi) is 5.30. The van der Waals surface area contributed by atoms with Crippen LogP contribution in [0.5, 0.6) is 5.75 Å². The summed E-state index contributed by atoms with van der Waals surface area (Å²) < 4.78 is 5.73. The summed E-state index contributed by atoms with van der Waals surface area (Å²) in [6.45, 7) is 8.44. The molecule has 0 saturated carbocycles. The van der Waals surface area contributed by atoms with E-state index in [1.807, 2.05) is 38.1 Å². The van der Waals surface area contributed by atoms with Crippen molar-refractivity contribution in [3.8, 4) is 5.75 Å². The molecule has 0 bridgehead atoms. The predicted molar refractivity (Wildman–Crippen MR) is 90.4 cm³/mol. The van der Waals surface area contributed by atoms with Gasteiger partial charge in [-0.3, -0.25) is 0 Å². The standard InChI is InChI=1S/C19H23ClO/c1-13(2)15-8-10-16(11-9-15)19(20)17-6-5-7-18(12-17)21-14(3)4/h5-14,19H,1-4H3. The summed E-state index contributed by atoms with van der Waals surface area (Å²) in [6.07, 6.45) is 0.166. The average Bonchev–Trinajstić information content (AvgIpc) is 2.46. The molecule has 0 spiro atoms. The molecule has 21 heavy (non-hydrogen) atoms. The van der Waals surface area contributed by atoms with E-state index in [9.17, 15) is 0 Å². The van der Waals surface area contributed by atoms with Crippen molar-refractivity contribution in [2.45, 2.75) is 45.1 Å². The topological polar surface area (TPSA) is 9.23 Å². The van der Waals surface area contributed by atoms with Gasteiger partial charge in [-0.1, -0.05) is 50.2 Å². The maximum atomic E-state index is 6.62. The zero-order valence-corrected chi connectivity index (χ0v) is 13.9. The van der Waals surface area contributed by atoms with Crippen LogP contribution in [0, 0.1) is 0 Å². The fraction of sp³-hybridized carbons (Fsp3) is 0.368. The Bertz CT molecular complexity index is 572. The summed E-state index contributed by atoms with van der Waals surface area (Å²) in [5.41, 5.74) is 3.51. The molecule has 2 aromatic rings. The summed E-state index contributed by atoms with van der Waals surface area (Å²) in [7, 11) is 0. The summed E-state index contributed by atoms with van der Waals surface area (Å²) in [5, 5.41) is -0.151. The molecule has 0 radical (unpaired) electrons. The van der Waals surface area contributed by atoms with Crippen LogP contribution in [-0.2, 0) is 0 Å². The summed E-state index contributed by atoms with van der Waals surface area (Å²) in [4.78, 5) is 0. The zero-order chi connectivity index (χ0) is 15.4. The monoisotopic (exact) mass is 302 g/mol. The highest BCUT2D eigenvalue weighted by molar-refractivity contribution is 6.22. The van der Waals surface area contributed by atoms with E-state index in [2.05, 4.69) is 38.1 Å². The molecule has 2 rings (SSSR count). The minimum Gasteiger partial charge on any atom is -0.491 e. The minimum absolute atomic E-state index is 0.151. The molecule has 0 aliphatic carbocycles. The number of rotatable bonds is 5. The third kappa shape index (κ3) is 4.25. The molecule has 0 heterocycles. The van der Waals surface area contributed by atoms with Crippen LogP contribution < -0.4 is 4.74 Å². The molecule has 0 N–H and O–H groups in total. The van der Waals surface area contributed by atoms with E-state index in [0.29, 0.717) is 5.92 Å². The second-order valence-corrected chi connectivity index (χ2v) is 6.36. The van der Waals surface area contributed by atoms with Crippen LogP contribution in [0.4, 0.5) is 0 Å². The molecule has 2 heteroatoms. The van der Waals surface area contributed by atoms with Crippen molar-refractivity contribution >= 4 is 11.6 Å². The first-order chi connectivity index (χ1) is 9.97. The van der Waals surface area contributed by atoms with Crippen LogP contribution >= 0.6 is 11.6 Å². The van der Waals surface area contributed by atoms with Gasteiger partial charge in [0.15, 0.2) is 0 Å². The lowest BCUT2D eigenvalue weighted by Crippen LogP contribution is -2.06. The zero-order valence-electron chi connectivity index (χ0n) is 13.1. The van der Waals surface area contributed by atoms with Crippen molar-refractivity contribution in [1.29, 1.82) is 0 Å². The van der Waals surface area contributed by atoms with E-state index in [1.165, 1.54) is 5.56 Å². The SMILES string of the molecule is CC(C)Oc1cccc(C(Cl)c2ccc(C(C)C)cc2)c1. The first-order valence-corrected chi connectivity index (χ1v) is 7.91. The van der Waals surface area contributed by atoms with Crippen molar-refractivity contribution in [2.24, 2.45) is 0 Å². The smallest absolute Gasteiger partial charge is 0.120 e. The number of benzene rings is 2. The van der Waals surface area contributed by atoms with Crippen LogP contribution in [0.15, 0.2) is 48.5 Å². The van der Waals surface area contributed by atoms with Gasteiger partial charge in [-0.15, -0.1) is 11.6 Å². The number of halogens is 1. The van der Waals surface area contributed by atoms with E-state index in [1.54, 1.807) is 0 Å². The van der Waals surface area contributed by atoms with E-state index in [-0.39, 0.29) is 11.5 Å². The molecule has 1 atom stereocenters. The summed E-state index contributed by atoms with van der Waals surface area (Å²) in [6, 6.07) is 16.6. The number of hydrogen-bond donors (Lipinski definition) is 0. The van der Waals surface area contributed by atoms with Gasteiger partial charge in [0.05, 0.1) is 11.5 Å². The van der Waals surface area contributed by atoms with Crippen LogP contribution in [-0.4, -0.2) is 6.10 Å². The highest BCUT2D eigenvalue weighted by Gasteiger charge is 2.12. The third-order valence-corrected chi connectivity index (χ3v) is 3.92. The van der Waals surface area contributed by atoms with Gasteiger partial charge in [-0.05, 0) is 48.6 Å². The Balaban J connectivity index is 2.20. The van der Waals surface area contributed by atoms with Gasteiger partial charge in [-0.25, -0.2) is 0 Å². The van der Waals surface area contributed by atoms with Crippen LogP contribution in [0.3, 0.4) is 0 Å². The van der Waals surface area contributed by atoms with Gasteiger partial charge >= 0.3 is 0 Å². The molecule has 0 aliphatic rings. The molecule has 0 saturated heterocycles. The fourth-order valence-corrected chi connectivity index (χ4v) is 2.54. The van der Waals surface area contributed by atoms with Gasteiger partial charge in [0, 0.05) is 0 Å². The van der Waals surface area contributed by atoms with Crippen LogP contribution in [0.2, 0.25) is 0 Å². The van der Waals surface area contributed by atoms with Crippen molar-refractivity contribution in [2.75, 3.05) is 0 Å². The van der Waals surface area contributed by atoms with E-state index >= 15 is 0 Å². The average molecular weight is 303 g/mol. The first kappa shape index (κ1) is 15.9. The van der Waals surface area contributed by atoms with E-state index in [0.717, 1.165) is 16.9 Å². The second-order valence-electron chi connectivity index (χ2n) is 5.92. The number of alkyl halides is 1. The van der Waals surface area contributed by atoms with Crippen molar-refractivity contribution in [1.82, 2.24) is 0 Å². The lowest BCUT2D eigenvalue weighted by Gasteiger charge is -2.15. The maximum Gasteiger partial charge on any atom is 0.120 e. The second kappa shape index (κ2) is 7.00.